The Morgan fingerprint density at radius 2 is 0.729 bits per heavy atom. The van der Waals surface area contributed by atoms with Crippen LogP contribution in [0.1, 0.15) is 233 Å². The third-order valence-corrected chi connectivity index (χ3v) is 19.6. The summed E-state index contributed by atoms with van der Waals surface area (Å²) in [4.78, 5) is 80.8. The summed E-state index contributed by atoms with van der Waals surface area (Å²) in [6, 6.07) is -1.98. The average Bonchev–Trinajstić information content (AvgIpc) is 0.835. The van der Waals surface area contributed by atoms with E-state index >= 15 is 0 Å². The number of rotatable bonds is 51. The second kappa shape index (κ2) is 53.5. The maximum atomic E-state index is 14.6. The highest BCUT2D eigenvalue weighted by Crippen LogP contribution is 2.43. The first-order valence-corrected chi connectivity index (χ1v) is 39.9. The van der Waals surface area contributed by atoms with E-state index in [1.807, 2.05) is 75.5 Å². The molecular weight excluding hydrogens is 1340 g/mol. The van der Waals surface area contributed by atoms with Crippen LogP contribution in [-0.2, 0) is 52.5 Å². The lowest BCUT2D eigenvalue weighted by Crippen LogP contribution is -2.53. The molecule has 3 rings (SSSR count). The van der Waals surface area contributed by atoms with Crippen LogP contribution in [0.5, 0.6) is 0 Å². The van der Waals surface area contributed by atoms with Gasteiger partial charge in [0, 0.05) is 70.6 Å². The minimum Gasteiger partial charge on any atom is -0.379 e. The van der Waals surface area contributed by atoms with E-state index < -0.39 is 23.9 Å². The summed E-state index contributed by atoms with van der Waals surface area (Å²) in [6.07, 6.45) is 50.9. The molecule has 0 aromatic carbocycles. The highest BCUT2D eigenvalue weighted by atomic mass is 16.5. The Balaban J connectivity index is 1.69. The van der Waals surface area contributed by atoms with Crippen molar-refractivity contribution in [3.8, 4) is 0 Å². The Bertz CT molecular complexity index is 3300. The molecule has 0 radical (unpaired) electrons. The van der Waals surface area contributed by atoms with Crippen LogP contribution < -0.4 is 31.9 Å². The fraction of sp³-hybridized carbons (Fsp3) is 0.600. The van der Waals surface area contributed by atoms with Crippen molar-refractivity contribution >= 4 is 35.4 Å². The Kier molecular flexibility index (Phi) is 47.0. The van der Waals surface area contributed by atoms with Gasteiger partial charge in [-0.3, -0.25) is 28.8 Å². The molecule has 107 heavy (non-hydrogen) atoms. The lowest BCUT2D eigenvalue weighted by atomic mass is 9.72. The minimum atomic E-state index is -1.02. The van der Waals surface area contributed by atoms with Crippen LogP contribution >= 0.6 is 0 Å². The van der Waals surface area contributed by atoms with E-state index in [2.05, 4.69) is 158 Å². The highest BCUT2D eigenvalue weighted by Gasteiger charge is 2.30. The topological polar surface area (TPSA) is 221 Å². The Morgan fingerprint density at radius 1 is 0.383 bits per heavy atom. The van der Waals surface area contributed by atoms with Crippen LogP contribution in [0.25, 0.3) is 0 Å². The number of allylic oxidation sites excluding steroid dienone is 27. The minimum absolute atomic E-state index is 0.0616. The van der Waals surface area contributed by atoms with E-state index in [4.69, 9.17) is 23.7 Å². The number of ether oxygens (including phenoxy) is 5. The maximum Gasteiger partial charge on any atom is 0.244 e. The quantitative estimate of drug-likeness (QED) is 0.0191. The van der Waals surface area contributed by atoms with Gasteiger partial charge in [0.2, 0.25) is 35.4 Å². The van der Waals surface area contributed by atoms with Gasteiger partial charge in [0.25, 0.3) is 0 Å². The second-order valence-electron chi connectivity index (χ2n) is 31.1. The molecular formula is C90H140N6O11. The molecule has 6 N–H and O–H groups in total. The molecule has 0 bridgehead atoms. The van der Waals surface area contributed by atoms with Gasteiger partial charge in [-0.2, -0.15) is 0 Å². The van der Waals surface area contributed by atoms with Gasteiger partial charge in [0.05, 0.1) is 46.2 Å². The first-order valence-electron chi connectivity index (χ1n) is 39.9. The molecule has 0 saturated heterocycles. The molecule has 3 aliphatic rings. The van der Waals surface area contributed by atoms with E-state index in [9.17, 15) is 28.8 Å². The molecule has 0 spiro atoms. The first kappa shape index (κ1) is 93.9. The number of hydrogen-bond donors (Lipinski definition) is 6. The third-order valence-electron chi connectivity index (χ3n) is 19.6. The fourth-order valence-electron chi connectivity index (χ4n) is 13.3. The lowest BCUT2D eigenvalue weighted by molar-refractivity contribution is -0.131. The van der Waals surface area contributed by atoms with Crippen molar-refractivity contribution in [2.75, 3.05) is 92.2 Å². The smallest absolute Gasteiger partial charge is 0.244 e. The van der Waals surface area contributed by atoms with E-state index in [0.29, 0.717) is 136 Å². The first-order chi connectivity index (χ1) is 51.0. The zero-order valence-corrected chi connectivity index (χ0v) is 68.9. The van der Waals surface area contributed by atoms with Crippen LogP contribution in [-0.4, -0.2) is 140 Å². The van der Waals surface area contributed by atoms with E-state index in [1.54, 1.807) is 12.2 Å². The van der Waals surface area contributed by atoms with Crippen molar-refractivity contribution in [3.05, 3.63) is 176 Å². The summed E-state index contributed by atoms with van der Waals surface area (Å²) in [5.74, 6) is -1.89. The summed E-state index contributed by atoms with van der Waals surface area (Å²) in [5.41, 5.74) is 14.6. The van der Waals surface area contributed by atoms with Gasteiger partial charge in [-0.1, -0.05) is 173 Å². The molecule has 6 amide bonds. The number of hydrogen-bond acceptors (Lipinski definition) is 11. The number of amides is 6. The second-order valence-corrected chi connectivity index (χ2v) is 31.1. The van der Waals surface area contributed by atoms with Crippen molar-refractivity contribution in [1.29, 1.82) is 0 Å². The van der Waals surface area contributed by atoms with Crippen molar-refractivity contribution in [3.63, 3.8) is 0 Å². The Labute approximate surface area is 646 Å². The average molecular weight is 1480 g/mol. The van der Waals surface area contributed by atoms with Gasteiger partial charge >= 0.3 is 0 Å². The Hall–Kier alpha value is -7.28. The molecule has 3 aliphatic carbocycles. The summed E-state index contributed by atoms with van der Waals surface area (Å²) in [5, 5.41) is 17.7. The van der Waals surface area contributed by atoms with Gasteiger partial charge in [-0.05, 0) is 228 Å². The number of carbonyl (C=O) groups is 6. The van der Waals surface area contributed by atoms with E-state index in [1.165, 1.54) is 71.6 Å². The normalized spacial score (nSPS) is 17.7. The highest BCUT2D eigenvalue weighted by molar-refractivity contribution is 5.95. The standard InChI is InChI=1S/C90H140N6O11/c1-17-55-103-59-62-106-58-47-82(97)91-53-28-56-104-60-63-107-64-61-105-57-29-54-94-86(101)80(39-18-20-51-92-83(98)65-71(5)33-22-30-68(2)41-44-77-74(8)36-25-48-88(77,11)12)96-87(102)81(95-85(100)67-73(7)35-24-32-70(4)43-46-79-76(10)38-27-50-90(79,15)16)40-19-21-52-93-84(99)66-72(6)34-23-31-69(3)42-45-78-75(9)37-26-49-89(78,13)14/h22-24,30-35,41-46,65-67,80-81H,17-21,25-29,36-40,47-64H2,1-16H3,(H,91,97)(H,92,98)(H,93,99)(H,94,101)(H,95,100)(H,96,102)/b33-22+,34-23+,35-24+,44-41+,45-42+,46-43+,68-30+,69-31+,70-32+,71-65+,72-66+,73-67+/t80-,81-/m1/s1. The molecule has 596 valence electrons. The van der Waals surface area contributed by atoms with Crippen LogP contribution in [0.2, 0.25) is 0 Å². The van der Waals surface area contributed by atoms with Crippen molar-refractivity contribution < 1.29 is 52.5 Å². The molecule has 17 nitrogen and oxygen atoms in total. The fourth-order valence-corrected chi connectivity index (χ4v) is 13.3. The van der Waals surface area contributed by atoms with E-state index in [-0.39, 0.29) is 59.3 Å². The molecule has 0 fully saturated rings. The van der Waals surface area contributed by atoms with Gasteiger partial charge < -0.3 is 55.6 Å². The monoisotopic (exact) mass is 1480 g/mol. The van der Waals surface area contributed by atoms with Crippen LogP contribution in [0.3, 0.4) is 0 Å². The van der Waals surface area contributed by atoms with Gasteiger partial charge in [-0.15, -0.1) is 0 Å². The largest absolute Gasteiger partial charge is 0.379 e. The molecule has 0 aromatic rings. The van der Waals surface area contributed by atoms with Gasteiger partial charge in [0.15, 0.2) is 0 Å². The molecule has 0 saturated carbocycles. The maximum absolute atomic E-state index is 14.6. The van der Waals surface area contributed by atoms with Crippen molar-refractivity contribution in [2.45, 2.75) is 245 Å². The summed E-state index contributed by atoms with van der Waals surface area (Å²) in [6.45, 7) is 40.3. The zero-order chi connectivity index (χ0) is 78.9. The lowest BCUT2D eigenvalue weighted by Gasteiger charge is -2.33. The third kappa shape index (κ3) is 42.3. The van der Waals surface area contributed by atoms with Crippen LogP contribution in [0.15, 0.2) is 176 Å². The molecule has 0 heterocycles. The summed E-state index contributed by atoms with van der Waals surface area (Å²) in [7, 11) is 0. The molecule has 0 unspecified atom stereocenters. The van der Waals surface area contributed by atoms with Crippen molar-refractivity contribution in [1.82, 2.24) is 31.9 Å². The zero-order valence-electron chi connectivity index (χ0n) is 68.9. The molecule has 2 atom stereocenters. The summed E-state index contributed by atoms with van der Waals surface area (Å²) < 4.78 is 28.0. The molecule has 0 aliphatic heterocycles. The van der Waals surface area contributed by atoms with Crippen molar-refractivity contribution in [2.24, 2.45) is 16.2 Å². The number of unbranched alkanes of at least 4 members (excludes halogenated alkanes) is 2. The van der Waals surface area contributed by atoms with Crippen LogP contribution in [0, 0.1) is 16.2 Å². The van der Waals surface area contributed by atoms with Gasteiger partial charge in [0.1, 0.15) is 12.1 Å². The summed E-state index contributed by atoms with van der Waals surface area (Å²) >= 11 is 0. The van der Waals surface area contributed by atoms with Gasteiger partial charge in [-0.25, -0.2) is 0 Å². The molecule has 17 heteroatoms. The Morgan fingerprint density at radius 3 is 1.12 bits per heavy atom. The number of nitrogens with one attached hydrogen (secondary N) is 6. The number of carbonyl (C=O) groups excluding carboxylic acids is 6. The van der Waals surface area contributed by atoms with Crippen LogP contribution in [0.4, 0.5) is 0 Å². The predicted octanol–water partition coefficient (Wildman–Crippen LogP) is 17.0. The SMILES string of the molecule is CCCOCCOCCC(=O)NCCCOCCOCCOCCCNC(=O)[C@@H](CCCCNC(=O)/C=C(C)/C=C/C=C(C)/C=C/C1=C(C)CCCC1(C)C)NC(=O)[C@@H](CCCCNC(=O)/C=C(C)/C=C/C=C(C)/C=C/C1=C(C)CCCC1(C)C)NC(=O)/C=C(C)/C=C/C=C(C)/C=C/C1=C(C)CCCC1(C)C. The molecule has 0 aromatic heterocycles. The predicted molar refractivity (Wildman–Crippen MR) is 440 cm³/mol. The van der Waals surface area contributed by atoms with E-state index in [0.717, 1.165) is 60.0 Å².